The van der Waals surface area contributed by atoms with Crippen LogP contribution in [-0.4, -0.2) is 47.9 Å². The lowest BCUT2D eigenvalue weighted by molar-refractivity contribution is -0.147. The van der Waals surface area contributed by atoms with Gasteiger partial charge in [0.1, 0.15) is 0 Å². The van der Waals surface area contributed by atoms with Crippen molar-refractivity contribution in [3.63, 3.8) is 0 Å². The predicted molar refractivity (Wildman–Crippen MR) is 62.7 cm³/mol. The fraction of sp³-hybridized carbons (Fsp3) is 0.917. The molecule has 88 valence electrons. The minimum absolute atomic E-state index is 0.265. The third-order valence-electron chi connectivity index (χ3n) is 2.98. The Kier molecular flexibility index (Phi) is 3.44. The summed E-state index contributed by atoms with van der Waals surface area (Å²) in [4.78, 5) is 16.6. The summed E-state index contributed by atoms with van der Waals surface area (Å²) in [5.74, 6) is 0.274. The Bertz CT molecular complexity index is 232. The summed E-state index contributed by atoms with van der Waals surface area (Å²) in [5, 5.41) is 0. The summed E-state index contributed by atoms with van der Waals surface area (Å²) >= 11 is 0. The number of carbonyl (C=O) groups is 1. The Morgan fingerprint density at radius 3 is 1.87 bits per heavy atom. The van der Waals surface area contributed by atoms with Crippen LogP contribution in [-0.2, 0) is 4.79 Å². The molecule has 0 aromatic carbocycles. The predicted octanol–water partition coefficient (Wildman–Crippen LogP) is 1.58. The Morgan fingerprint density at radius 1 is 1.13 bits per heavy atom. The lowest BCUT2D eigenvalue weighted by Crippen LogP contribution is -2.59. The summed E-state index contributed by atoms with van der Waals surface area (Å²) < 4.78 is 0. The molecule has 1 fully saturated rings. The van der Waals surface area contributed by atoms with E-state index in [1.807, 2.05) is 20.8 Å². The maximum absolute atomic E-state index is 12.3. The van der Waals surface area contributed by atoms with Crippen molar-refractivity contribution in [1.82, 2.24) is 9.80 Å². The molecule has 0 aliphatic carbocycles. The molecule has 0 bridgehead atoms. The number of carbonyl (C=O) groups excluding carboxylic acids is 1. The van der Waals surface area contributed by atoms with Crippen LogP contribution in [0.2, 0.25) is 0 Å². The zero-order chi connectivity index (χ0) is 11.8. The Labute approximate surface area is 93.4 Å². The van der Waals surface area contributed by atoms with Crippen molar-refractivity contribution in [3.8, 4) is 0 Å². The lowest BCUT2D eigenvalue weighted by atomic mass is 9.92. The molecule has 15 heavy (non-hydrogen) atoms. The molecule has 1 aliphatic heterocycles. The van der Waals surface area contributed by atoms with Gasteiger partial charge in [-0.05, 0) is 20.9 Å². The molecule has 1 heterocycles. The molecule has 0 aromatic heterocycles. The zero-order valence-electron chi connectivity index (χ0n) is 10.9. The number of likely N-dealkylation sites (N-methyl/N-ethyl adjacent to an activating group) is 1. The fourth-order valence-electron chi connectivity index (χ4n) is 2.37. The van der Waals surface area contributed by atoms with E-state index in [9.17, 15) is 4.79 Å². The van der Waals surface area contributed by atoms with E-state index in [0.717, 1.165) is 13.1 Å². The van der Waals surface area contributed by atoms with Crippen LogP contribution < -0.4 is 0 Å². The van der Waals surface area contributed by atoms with Crippen LogP contribution in [0.1, 0.15) is 34.6 Å². The second-order valence-corrected chi connectivity index (χ2v) is 5.88. The second-order valence-electron chi connectivity index (χ2n) is 5.88. The number of hydrogen-bond acceptors (Lipinski definition) is 2. The van der Waals surface area contributed by atoms with Gasteiger partial charge in [-0.1, -0.05) is 20.8 Å². The van der Waals surface area contributed by atoms with Crippen LogP contribution in [0.15, 0.2) is 0 Å². The van der Waals surface area contributed by atoms with Gasteiger partial charge in [0.15, 0.2) is 0 Å². The first-order valence-electron chi connectivity index (χ1n) is 5.74. The monoisotopic (exact) mass is 212 g/mol. The van der Waals surface area contributed by atoms with Gasteiger partial charge in [-0.3, -0.25) is 4.79 Å². The topological polar surface area (TPSA) is 23.6 Å². The van der Waals surface area contributed by atoms with Crippen molar-refractivity contribution in [2.75, 3.05) is 20.1 Å². The first-order valence-corrected chi connectivity index (χ1v) is 5.74. The van der Waals surface area contributed by atoms with Gasteiger partial charge in [0.2, 0.25) is 5.91 Å². The maximum atomic E-state index is 12.3. The molecule has 1 rings (SSSR count). The van der Waals surface area contributed by atoms with Crippen LogP contribution in [0.3, 0.4) is 0 Å². The van der Waals surface area contributed by atoms with Crippen molar-refractivity contribution >= 4 is 5.91 Å². The molecule has 0 saturated carbocycles. The average molecular weight is 212 g/mol. The van der Waals surface area contributed by atoms with E-state index in [4.69, 9.17) is 0 Å². The average Bonchev–Trinajstić information content (AvgIpc) is 1.99. The molecule has 0 aromatic rings. The minimum Gasteiger partial charge on any atom is -0.334 e. The molecule has 0 unspecified atom stereocenters. The summed E-state index contributed by atoms with van der Waals surface area (Å²) in [5.41, 5.74) is -0.265. The fourth-order valence-corrected chi connectivity index (χ4v) is 2.37. The number of rotatable bonds is 0. The Balaban J connectivity index is 2.80. The highest BCUT2D eigenvalue weighted by molar-refractivity contribution is 5.82. The van der Waals surface area contributed by atoms with E-state index in [1.165, 1.54) is 0 Å². The molecular weight excluding hydrogens is 188 g/mol. The van der Waals surface area contributed by atoms with E-state index in [2.05, 4.69) is 30.7 Å². The van der Waals surface area contributed by atoms with E-state index in [-0.39, 0.29) is 11.3 Å². The molecule has 3 nitrogen and oxygen atoms in total. The molecule has 0 spiro atoms. The van der Waals surface area contributed by atoms with E-state index in [0.29, 0.717) is 12.1 Å². The van der Waals surface area contributed by atoms with Crippen molar-refractivity contribution < 1.29 is 4.79 Å². The van der Waals surface area contributed by atoms with Crippen molar-refractivity contribution in [3.05, 3.63) is 0 Å². The van der Waals surface area contributed by atoms with Crippen LogP contribution >= 0.6 is 0 Å². The highest BCUT2D eigenvalue weighted by Gasteiger charge is 2.36. The van der Waals surface area contributed by atoms with Gasteiger partial charge in [0, 0.05) is 30.6 Å². The SMILES string of the molecule is C[C@@H]1CN(C)C[C@H](C)N1C(=O)C(C)(C)C. The quantitative estimate of drug-likeness (QED) is 0.609. The van der Waals surface area contributed by atoms with Gasteiger partial charge in [0.05, 0.1) is 0 Å². The van der Waals surface area contributed by atoms with Gasteiger partial charge >= 0.3 is 0 Å². The van der Waals surface area contributed by atoms with Gasteiger partial charge < -0.3 is 9.80 Å². The van der Waals surface area contributed by atoms with E-state index < -0.39 is 0 Å². The highest BCUT2D eigenvalue weighted by atomic mass is 16.2. The third-order valence-corrected chi connectivity index (χ3v) is 2.98. The first kappa shape index (κ1) is 12.5. The molecule has 2 atom stereocenters. The minimum atomic E-state index is -0.265. The van der Waals surface area contributed by atoms with Crippen molar-refractivity contribution in [2.24, 2.45) is 5.41 Å². The molecule has 1 aliphatic rings. The summed E-state index contributed by atoms with van der Waals surface area (Å²) in [6.07, 6.45) is 0. The standard InChI is InChI=1S/C12H24N2O/c1-9-7-13(6)8-10(2)14(9)11(15)12(3,4)5/h9-10H,7-8H2,1-6H3/t9-,10+. The third kappa shape index (κ3) is 2.71. The van der Waals surface area contributed by atoms with Crippen molar-refractivity contribution in [2.45, 2.75) is 46.7 Å². The summed E-state index contributed by atoms with van der Waals surface area (Å²) in [6.45, 7) is 12.2. The normalized spacial score (nSPS) is 29.3. The Hall–Kier alpha value is -0.570. The molecule has 0 radical (unpaired) electrons. The molecule has 3 heteroatoms. The molecular formula is C12H24N2O. The number of piperazine rings is 1. The molecule has 0 N–H and O–H groups in total. The Morgan fingerprint density at radius 2 is 1.53 bits per heavy atom. The molecule has 1 saturated heterocycles. The van der Waals surface area contributed by atoms with Crippen LogP contribution in [0, 0.1) is 5.41 Å². The van der Waals surface area contributed by atoms with Crippen LogP contribution in [0.25, 0.3) is 0 Å². The van der Waals surface area contributed by atoms with Crippen LogP contribution in [0.5, 0.6) is 0 Å². The second kappa shape index (κ2) is 4.12. The highest BCUT2D eigenvalue weighted by Crippen LogP contribution is 2.23. The summed E-state index contributed by atoms with van der Waals surface area (Å²) in [7, 11) is 2.12. The lowest BCUT2D eigenvalue weighted by Gasteiger charge is -2.45. The van der Waals surface area contributed by atoms with E-state index >= 15 is 0 Å². The first-order chi connectivity index (χ1) is 6.73. The van der Waals surface area contributed by atoms with Gasteiger partial charge in [-0.2, -0.15) is 0 Å². The van der Waals surface area contributed by atoms with Crippen LogP contribution in [0.4, 0.5) is 0 Å². The smallest absolute Gasteiger partial charge is 0.228 e. The van der Waals surface area contributed by atoms with Gasteiger partial charge in [-0.15, -0.1) is 0 Å². The number of nitrogens with zero attached hydrogens (tertiary/aromatic N) is 2. The molecule has 1 amide bonds. The number of amides is 1. The maximum Gasteiger partial charge on any atom is 0.228 e. The zero-order valence-corrected chi connectivity index (χ0v) is 10.9. The van der Waals surface area contributed by atoms with E-state index in [1.54, 1.807) is 0 Å². The number of hydrogen-bond donors (Lipinski definition) is 0. The van der Waals surface area contributed by atoms with Gasteiger partial charge in [0.25, 0.3) is 0 Å². The van der Waals surface area contributed by atoms with Crippen molar-refractivity contribution in [1.29, 1.82) is 0 Å². The summed E-state index contributed by atoms with van der Waals surface area (Å²) in [6, 6.07) is 0.649. The largest absolute Gasteiger partial charge is 0.334 e. The van der Waals surface area contributed by atoms with Gasteiger partial charge in [-0.25, -0.2) is 0 Å².